The third-order valence-corrected chi connectivity index (χ3v) is 6.26. The molecular weight excluding hydrogens is 425 g/mol. The second kappa shape index (κ2) is 7.28. The molecule has 1 atom stereocenters. The van der Waals surface area contributed by atoms with E-state index in [1.54, 1.807) is 30.9 Å². The molecule has 9 heteroatoms. The molecule has 8 nitrogen and oxygen atoms in total. The second-order valence-corrected chi connectivity index (χ2v) is 9.36. The van der Waals surface area contributed by atoms with Gasteiger partial charge in [-0.05, 0) is 56.5 Å². The van der Waals surface area contributed by atoms with Crippen molar-refractivity contribution >= 4 is 5.65 Å². The van der Waals surface area contributed by atoms with Crippen molar-refractivity contribution in [2.45, 2.75) is 44.8 Å². The first-order chi connectivity index (χ1) is 15.9. The standard InChI is InChI=1S/C24H24FN5O3/c1-24(2,31)12-29-8-7-18(28-29)16-9-21-19(30-13-26-27-23(16)30)5-3-15-17(25)4-6-20-22(15)14(10-32-20)11-33-21/h4,6-9,13-14,31H,3,5,10-12H2,1-2H3/t14-/m1/s1. The first-order valence-electron chi connectivity index (χ1n) is 11.1. The molecule has 0 amide bonds. The molecule has 0 saturated carbocycles. The van der Waals surface area contributed by atoms with Crippen molar-refractivity contribution in [2.75, 3.05) is 13.2 Å². The van der Waals surface area contributed by atoms with Crippen LogP contribution in [-0.4, -0.2) is 48.3 Å². The van der Waals surface area contributed by atoms with Crippen LogP contribution in [0.1, 0.15) is 36.6 Å². The number of aliphatic hydroxyl groups is 1. The molecule has 2 aliphatic rings. The molecule has 0 fully saturated rings. The fourth-order valence-corrected chi connectivity index (χ4v) is 4.84. The zero-order valence-corrected chi connectivity index (χ0v) is 18.5. The Morgan fingerprint density at radius 1 is 1.15 bits per heavy atom. The van der Waals surface area contributed by atoms with E-state index in [9.17, 15) is 9.50 Å². The lowest BCUT2D eigenvalue weighted by Crippen LogP contribution is -2.26. The Balaban J connectivity index is 1.44. The van der Waals surface area contributed by atoms with Crippen LogP contribution >= 0.6 is 0 Å². The SMILES string of the molecule is CC(C)(O)Cn1ccc(-c2cc3c(n4cnnc24)CCc2c(F)ccc4c2[C@H](CO4)CO3)n1. The Kier molecular flexibility index (Phi) is 4.45. The van der Waals surface area contributed by atoms with E-state index < -0.39 is 5.60 Å². The first-order valence-corrected chi connectivity index (χ1v) is 11.1. The number of hydrogen-bond acceptors (Lipinski definition) is 6. The molecule has 0 bridgehead atoms. The summed E-state index contributed by atoms with van der Waals surface area (Å²) in [6, 6.07) is 7.02. The minimum absolute atomic E-state index is 0.0253. The molecule has 2 aliphatic heterocycles. The van der Waals surface area contributed by atoms with Gasteiger partial charge in [0.25, 0.3) is 0 Å². The monoisotopic (exact) mass is 449 g/mol. The Morgan fingerprint density at radius 2 is 1.97 bits per heavy atom. The summed E-state index contributed by atoms with van der Waals surface area (Å²) in [4.78, 5) is 0. The molecule has 170 valence electrons. The molecule has 3 aromatic heterocycles. The van der Waals surface area contributed by atoms with E-state index in [2.05, 4.69) is 15.3 Å². The van der Waals surface area contributed by atoms with Crippen LogP contribution < -0.4 is 9.47 Å². The molecule has 33 heavy (non-hydrogen) atoms. The number of aryl methyl sites for hydroxylation is 1. The van der Waals surface area contributed by atoms with Gasteiger partial charge in [-0.15, -0.1) is 10.2 Å². The van der Waals surface area contributed by atoms with Gasteiger partial charge < -0.3 is 14.6 Å². The average molecular weight is 449 g/mol. The molecule has 4 aromatic rings. The van der Waals surface area contributed by atoms with Crippen molar-refractivity contribution in [3.63, 3.8) is 0 Å². The van der Waals surface area contributed by atoms with Crippen LogP contribution in [-0.2, 0) is 19.4 Å². The van der Waals surface area contributed by atoms with Crippen LogP contribution in [0.15, 0.2) is 36.8 Å². The van der Waals surface area contributed by atoms with Crippen molar-refractivity contribution < 1.29 is 19.0 Å². The molecule has 0 unspecified atom stereocenters. The van der Waals surface area contributed by atoms with Gasteiger partial charge in [-0.3, -0.25) is 9.08 Å². The van der Waals surface area contributed by atoms with Gasteiger partial charge >= 0.3 is 0 Å². The second-order valence-electron chi connectivity index (χ2n) is 9.36. The number of hydrogen-bond donors (Lipinski definition) is 1. The summed E-state index contributed by atoms with van der Waals surface area (Å²) in [6.07, 6.45) is 4.59. The Morgan fingerprint density at radius 3 is 2.79 bits per heavy atom. The highest BCUT2D eigenvalue weighted by Crippen LogP contribution is 2.41. The largest absolute Gasteiger partial charge is 0.493 e. The van der Waals surface area contributed by atoms with Crippen molar-refractivity contribution in [2.24, 2.45) is 0 Å². The maximum atomic E-state index is 14.8. The highest BCUT2D eigenvalue weighted by atomic mass is 19.1. The molecule has 1 aromatic carbocycles. The smallest absolute Gasteiger partial charge is 0.170 e. The molecule has 0 aliphatic carbocycles. The Hall–Kier alpha value is -3.46. The Labute approximate surface area is 189 Å². The summed E-state index contributed by atoms with van der Waals surface area (Å²) < 4.78 is 30.5. The lowest BCUT2D eigenvalue weighted by Gasteiger charge is -2.17. The van der Waals surface area contributed by atoms with Gasteiger partial charge in [-0.25, -0.2) is 4.39 Å². The van der Waals surface area contributed by atoms with Crippen molar-refractivity contribution in [1.29, 1.82) is 0 Å². The van der Waals surface area contributed by atoms with Crippen LogP contribution in [0, 0.1) is 5.82 Å². The number of nitrogens with zero attached hydrogens (tertiary/aromatic N) is 5. The minimum atomic E-state index is -0.882. The third kappa shape index (κ3) is 3.43. The third-order valence-electron chi connectivity index (χ3n) is 6.26. The quantitative estimate of drug-likeness (QED) is 0.517. The number of ether oxygens (including phenoxy) is 2. The van der Waals surface area contributed by atoms with Gasteiger partial charge in [-0.1, -0.05) is 0 Å². The maximum Gasteiger partial charge on any atom is 0.170 e. The summed E-state index contributed by atoms with van der Waals surface area (Å²) in [6.45, 7) is 4.71. The highest BCUT2D eigenvalue weighted by molar-refractivity contribution is 5.76. The van der Waals surface area contributed by atoms with E-state index in [0.717, 1.165) is 22.6 Å². The fraction of sp³-hybridized carbons (Fsp3) is 0.375. The summed E-state index contributed by atoms with van der Waals surface area (Å²) >= 11 is 0. The summed E-state index contributed by atoms with van der Waals surface area (Å²) in [7, 11) is 0. The number of rotatable bonds is 3. The van der Waals surface area contributed by atoms with E-state index in [0.29, 0.717) is 55.3 Å². The van der Waals surface area contributed by atoms with E-state index in [1.165, 1.54) is 6.07 Å². The number of fused-ring (bicyclic) bond motifs is 3. The topological polar surface area (TPSA) is 86.7 Å². The maximum absolute atomic E-state index is 14.8. The van der Waals surface area contributed by atoms with Crippen LogP contribution in [0.4, 0.5) is 4.39 Å². The lowest BCUT2D eigenvalue weighted by atomic mass is 9.93. The average Bonchev–Trinajstić information content (AvgIpc) is 3.50. The van der Waals surface area contributed by atoms with Gasteiger partial charge in [0.2, 0.25) is 0 Å². The number of pyridine rings is 1. The van der Waals surface area contributed by atoms with E-state index in [1.807, 2.05) is 22.7 Å². The zero-order valence-electron chi connectivity index (χ0n) is 18.5. The van der Waals surface area contributed by atoms with E-state index in [4.69, 9.17) is 9.47 Å². The predicted molar refractivity (Wildman–Crippen MR) is 118 cm³/mol. The van der Waals surface area contributed by atoms with Crippen LogP contribution in [0.5, 0.6) is 11.5 Å². The fourth-order valence-electron chi connectivity index (χ4n) is 4.84. The van der Waals surface area contributed by atoms with Gasteiger partial charge in [0.1, 0.15) is 23.6 Å². The molecule has 0 radical (unpaired) electrons. The normalized spacial score (nSPS) is 17.5. The number of aromatic nitrogens is 5. The molecule has 0 saturated heterocycles. The molecule has 6 rings (SSSR count). The lowest BCUT2D eigenvalue weighted by molar-refractivity contribution is 0.0578. The molecule has 5 heterocycles. The van der Waals surface area contributed by atoms with Gasteiger partial charge in [0, 0.05) is 11.8 Å². The first kappa shape index (κ1) is 20.2. The molecule has 1 N–H and O–H groups in total. The Bertz CT molecular complexity index is 1370. The summed E-state index contributed by atoms with van der Waals surface area (Å²) in [5.74, 6) is 1.22. The van der Waals surface area contributed by atoms with Gasteiger partial charge in [0.15, 0.2) is 5.65 Å². The summed E-state index contributed by atoms with van der Waals surface area (Å²) in [5, 5.41) is 23.2. The van der Waals surface area contributed by atoms with Crippen LogP contribution in [0.3, 0.4) is 0 Å². The zero-order chi connectivity index (χ0) is 22.7. The number of halogens is 1. The highest BCUT2D eigenvalue weighted by Gasteiger charge is 2.31. The number of benzene rings is 1. The van der Waals surface area contributed by atoms with Crippen LogP contribution in [0.2, 0.25) is 0 Å². The molecular formula is C24H24FN5O3. The van der Waals surface area contributed by atoms with Gasteiger partial charge in [0.05, 0.1) is 48.2 Å². The van der Waals surface area contributed by atoms with Crippen molar-refractivity contribution in [3.8, 4) is 22.8 Å². The van der Waals surface area contributed by atoms with Crippen LogP contribution in [0.25, 0.3) is 16.9 Å². The minimum Gasteiger partial charge on any atom is -0.493 e. The molecule has 0 spiro atoms. The van der Waals surface area contributed by atoms with Crippen molar-refractivity contribution in [3.05, 3.63) is 59.4 Å². The van der Waals surface area contributed by atoms with Gasteiger partial charge in [-0.2, -0.15) is 5.10 Å². The van der Waals surface area contributed by atoms with Crippen molar-refractivity contribution in [1.82, 2.24) is 24.4 Å². The van der Waals surface area contributed by atoms with E-state index in [-0.39, 0.29) is 11.7 Å². The summed E-state index contributed by atoms with van der Waals surface area (Å²) in [5.41, 5.74) is 3.79. The predicted octanol–water partition coefficient (Wildman–Crippen LogP) is 3.16. The van der Waals surface area contributed by atoms with E-state index >= 15 is 0 Å².